The molecule has 194 valence electrons. The largest absolute Gasteiger partial charge is 0.494 e. The number of H-pyrrole nitrogens is 1. The van der Waals surface area contributed by atoms with Crippen LogP contribution in [0.2, 0.25) is 0 Å². The molecule has 0 saturated heterocycles. The Hall–Kier alpha value is -3.88. The Labute approximate surface area is 215 Å². The zero-order valence-corrected chi connectivity index (χ0v) is 21.5. The first kappa shape index (κ1) is 26.2. The van der Waals surface area contributed by atoms with Crippen LogP contribution >= 0.6 is 0 Å². The molecule has 2 heterocycles. The van der Waals surface area contributed by atoms with Gasteiger partial charge < -0.3 is 29.4 Å². The summed E-state index contributed by atoms with van der Waals surface area (Å²) < 4.78 is 16.3. The van der Waals surface area contributed by atoms with E-state index in [-0.39, 0.29) is 31.8 Å². The number of para-hydroxylation sites is 1. The molecule has 0 unspecified atom stereocenters. The molecule has 3 N–H and O–H groups in total. The number of methoxy groups -OCH3 is 2. The van der Waals surface area contributed by atoms with E-state index in [9.17, 15) is 9.90 Å². The van der Waals surface area contributed by atoms with E-state index in [0.717, 1.165) is 22.0 Å². The molecule has 0 fully saturated rings. The molecule has 2 aromatic heterocycles. The van der Waals surface area contributed by atoms with Crippen molar-refractivity contribution in [2.24, 2.45) is 0 Å². The van der Waals surface area contributed by atoms with Crippen LogP contribution in [0.4, 0.5) is 0 Å². The molecule has 37 heavy (non-hydrogen) atoms. The van der Waals surface area contributed by atoms with Gasteiger partial charge in [-0.25, -0.2) is 4.98 Å². The molecule has 8 heteroatoms. The van der Waals surface area contributed by atoms with Crippen molar-refractivity contribution in [1.82, 2.24) is 9.97 Å². The lowest BCUT2D eigenvalue weighted by Crippen LogP contribution is -2.24. The number of benzene rings is 2. The Balaban J connectivity index is 1.57. The van der Waals surface area contributed by atoms with Crippen molar-refractivity contribution in [2.75, 3.05) is 27.4 Å². The number of fused-ring (bicyclic) bond motifs is 1. The van der Waals surface area contributed by atoms with Crippen molar-refractivity contribution in [1.29, 1.82) is 0 Å². The Morgan fingerprint density at radius 3 is 2.54 bits per heavy atom. The lowest BCUT2D eigenvalue weighted by Gasteiger charge is -2.23. The number of pyridine rings is 1. The zero-order chi connectivity index (χ0) is 26.6. The Morgan fingerprint density at radius 1 is 1.05 bits per heavy atom. The summed E-state index contributed by atoms with van der Waals surface area (Å²) in [5.74, 6) is 1.30. The minimum absolute atomic E-state index is 0.0995. The number of nitrogens with one attached hydrogen (secondary N) is 1. The summed E-state index contributed by atoms with van der Waals surface area (Å²) in [6.07, 6.45) is 2.16. The van der Waals surface area contributed by atoms with Crippen molar-refractivity contribution >= 4 is 16.7 Å². The number of hydrogen-bond donors (Lipinski definition) is 3. The highest BCUT2D eigenvalue weighted by molar-refractivity contribution is 5.98. The predicted molar refractivity (Wildman–Crippen MR) is 142 cm³/mol. The third kappa shape index (κ3) is 5.45. The first-order chi connectivity index (χ1) is 17.8. The predicted octanol–water partition coefficient (Wildman–Crippen LogP) is 4.80. The number of rotatable bonds is 11. The van der Waals surface area contributed by atoms with Gasteiger partial charge in [0.05, 0.1) is 26.5 Å². The highest BCUT2D eigenvalue weighted by atomic mass is 16.5. The van der Waals surface area contributed by atoms with Crippen molar-refractivity contribution in [2.45, 2.75) is 32.3 Å². The molecule has 0 aliphatic rings. The van der Waals surface area contributed by atoms with E-state index in [1.165, 1.54) is 7.11 Å². The molecule has 1 atom stereocenters. The molecule has 0 amide bonds. The van der Waals surface area contributed by atoms with Crippen LogP contribution in [0.5, 0.6) is 17.2 Å². The van der Waals surface area contributed by atoms with Gasteiger partial charge in [0, 0.05) is 34.6 Å². The number of carbonyl (C=O) groups excluding carboxylic acids is 1. The fraction of sp³-hybridized carbons (Fsp3) is 0.310. The van der Waals surface area contributed by atoms with E-state index >= 15 is 0 Å². The topological polar surface area (TPSA) is 114 Å². The second kappa shape index (κ2) is 11.0. The van der Waals surface area contributed by atoms with Crippen LogP contribution in [0.3, 0.4) is 0 Å². The Kier molecular flexibility index (Phi) is 7.80. The lowest BCUT2D eigenvalue weighted by atomic mass is 9.92. The van der Waals surface area contributed by atoms with Gasteiger partial charge in [-0.2, -0.15) is 0 Å². The number of aromatic nitrogens is 2. The number of Topliss-reactive ketones (excluding diaryl/α,β-unsaturated/α-hetero) is 1. The molecule has 0 aliphatic heterocycles. The Bertz CT molecular complexity index is 1410. The molecule has 8 nitrogen and oxygen atoms in total. The summed E-state index contributed by atoms with van der Waals surface area (Å²) in [4.78, 5) is 21.1. The van der Waals surface area contributed by atoms with Crippen molar-refractivity contribution in [3.05, 3.63) is 71.5 Å². The molecule has 0 bridgehead atoms. The van der Waals surface area contributed by atoms with Crippen LogP contribution in [-0.4, -0.2) is 53.4 Å². The minimum atomic E-state index is -1.35. The van der Waals surface area contributed by atoms with Gasteiger partial charge in [-0.3, -0.25) is 4.79 Å². The number of aliphatic hydroxyl groups is 2. The molecular weight excluding hydrogens is 472 g/mol. The van der Waals surface area contributed by atoms with E-state index in [1.54, 1.807) is 44.4 Å². The van der Waals surface area contributed by atoms with Crippen LogP contribution in [0.25, 0.3) is 22.2 Å². The van der Waals surface area contributed by atoms with Gasteiger partial charge >= 0.3 is 0 Å². The van der Waals surface area contributed by atoms with Gasteiger partial charge in [0.15, 0.2) is 17.3 Å². The number of nitrogens with zero attached hydrogens (tertiary/aromatic N) is 1. The maximum Gasteiger partial charge on any atom is 0.163 e. The van der Waals surface area contributed by atoms with E-state index in [4.69, 9.17) is 24.3 Å². The summed E-state index contributed by atoms with van der Waals surface area (Å²) >= 11 is 0. The summed E-state index contributed by atoms with van der Waals surface area (Å²) in [6, 6.07) is 14.5. The highest BCUT2D eigenvalue weighted by Gasteiger charge is 2.28. The van der Waals surface area contributed by atoms with Crippen LogP contribution in [0, 0.1) is 6.92 Å². The van der Waals surface area contributed by atoms with Gasteiger partial charge in [0.25, 0.3) is 0 Å². The molecule has 4 rings (SSSR count). The molecule has 2 aromatic carbocycles. The lowest BCUT2D eigenvalue weighted by molar-refractivity contribution is 0.0397. The van der Waals surface area contributed by atoms with Crippen molar-refractivity contribution in [3.63, 3.8) is 0 Å². The molecule has 4 aromatic rings. The molecule has 0 spiro atoms. The Morgan fingerprint density at radius 2 is 1.81 bits per heavy atom. The second-order valence-electron chi connectivity index (χ2n) is 9.08. The number of ketones is 1. The van der Waals surface area contributed by atoms with Crippen LogP contribution in [-0.2, 0) is 5.60 Å². The number of hydrogen-bond acceptors (Lipinski definition) is 7. The first-order valence-electron chi connectivity index (χ1n) is 12.1. The van der Waals surface area contributed by atoms with E-state index < -0.39 is 5.60 Å². The second-order valence-corrected chi connectivity index (χ2v) is 9.08. The number of aromatic amines is 1. The van der Waals surface area contributed by atoms with E-state index in [0.29, 0.717) is 34.2 Å². The van der Waals surface area contributed by atoms with Crippen molar-refractivity contribution in [3.8, 4) is 28.5 Å². The average Bonchev–Trinajstić information content (AvgIpc) is 3.35. The number of aliphatic hydroxyl groups excluding tert-OH is 1. The standard InChI is InChI=1S/C29H32N2O6/c1-18-6-5-7-20-21(17-30-27(18)20)28-24(35-3)10-11-26(31-28)29(2,34)13-12-22(33)19-8-9-23(37-15-14-32)25(16-19)36-4/h5-11,16-17,30,32,34H,12-15H2,1-4H3/t29-/m1/s1. The number of ether oxygens (including phenoxy) is 3. The van der Waals surface area contributed by atoms with Gasteiger partial charge in [-0.1, -0.05) is 18.2 Å². The normalized spacial score (nSPS) is 12.8. The van der Waals surface area contributed by atoms with E-state index in [2.05, 4.69) is 4.98 Å². The molecule has 0 aliphatic carbocycles. The zero-order valence-electron chi connectivity index (χ0n) is 21.5. The van der Waals surface area contributed by atoms with Gasteiger partial charge in [0.2, 0.25) is 0 Å². The molecule has 0 saturated carbocycles. The van der Waals surface area contributed by atoms with Crippen LogP contribution < -0.4 is 14.2 Å². The minimum Gasteiger partial charge on any atom is -0.494 e. The maximum absolute atomic E-state index is 13.0. The quantitative estimate of drug-likeness (QED) is 0.252. The first-order valence-corrected chi connectivity index (χ1v) is 12.1. The van der Waals surface area contributed by atoms with Crippen molar-refractivity contribution < 1.29 is 29.2 Å². The SMILES string of the molecule is COc1cc(C(=O)CC[C@@](C)(O)c2ccc(OC)c(-c3c[nH]c4c(C)cccc34)n2)ccc1OCCO. The average molecular weight is 505 g/mol. The summed E-state index contributed by atoms with van der Waals surface area (Å²) in [5, 5.41) is 21.3. The monoisotopic (exact) mass is 504 g/mol. The third-order valence-corrected chi connectivity index (χ3v) is 6.48. The molecule has 0 radical (unpaired) electrons. The van der Waals surface area contributed by atoms with Gasteiger partial charge in [-0.15, -0.1) is 0 Å². The smallest absolute Gasteiger partial charge is 0.163 e. The van der Waals surface area contributed by atoms with Gasteiger partial charge in [0.1, 0.15) is 23.7 Å². The molecular formula is C29H32N2O6. The summed E-state index contributed by atoms with van der Waals surface area (Å²) in [6.45, 7) is 3.70. The fourth-order valence-corrected chi connectivity index (χ4v) is 4.35. The van der Waals surface area contributed by atoms with Crippen LogP contribution in [0.1, 0.15) is 41.4 Å². The third-order valence-electron chi connectivity index (χ3n) is 6.48. The fourth-order valence-electron chi connectivity index (χ4n) is 4.35. The van der Waals surface area contributed by atoms with Gasteiger partial charge in [-0.05, 0) is 56.2 Å². The maximum atomic E-state index is 13.0. The van der Waals surface area contributed by atoms with E-state index in [1.807, 2.05) is 31.3 Å². The number of carbonyl (C=O) groups is 1. The van der Waals surface area contributed by atoms with Crippen LogP contribution in [0.15, 0.2) is 54.7 Å². The number of aryl methyl sites for hydroxylation is 1. The summed E-state index contributed by atoms with van der Waals surface area (Å²) in [7, 11) is 3.08. The highest BCUT2D eigenvalue weighted by Crippen LogP contribution is 2.37. The summed E-state index contributed by atoms with van der Waals surface area (Å²) in [5.41, 5.74) is 3.17.